The second-order valence-corrected chi connectivity index (χ2v) is 11.5. The maximum atomic E-state index is 16.8. The van der Waals surface area contributed by atoms with Crippen molar-refractivity contribution in [3.8, 4) is 0 Å². The fraction of sp³-hybridized carbons (Fsp3) is 0.211. The summed E-state index contributed by atoms with van der Waals surface area (Å²) in [5.41, 5.74) is 8.30. The minimum Gasteiger partial charge on any atom is -0.331 e. The van der Waals surface area contributed by atoms with Crippen LogP contribution in [-0.4, -0.2) is 6.04 Å². The normalized spacial score (nSPS) is 13.4. The van der Waals surface area contributed by atoms with E-state index in [2.05, 4.69) is 106 Å². The van der Waals surface area contributed by atoms with Gasteiger partial charge in [0.15, 0.2) is 0 Å². The van der Waals surface area contributed by atoms with Gasteiger partial charge in [-0.05, 0) is 99.7 Å². The van der Waals surface area contributed by atoms with E-state index in [4.69, 9.17) is 0 Å². The van der Waals surface area contributed by atoms with Gasteiger partial charge in [0.1, 0.15) is 0 Å². The van der Waals surface area contributed by atoms with Crippen LogP contribution < -0.4 is 15.1 Å². The number of halogens is 1. The SMILES string of the molecule is C=C(C)c1ccccc1C(C)(C)N(c1cccc(N(F)N(c2ccccc2)C(C)C2=CC=CC2)c1)c1ccccc1C. The topological polar surface area (TPSA) is 9.72 Å². The van der Waals surface area contributed by atoms with Crippen molar-refractivity contribution in [1.82, 2.24) is 0 Å². The molecule has 0 radical (unpaired) electrons. The Morgan fingerprint density at radius 3 is 2.17 bits per heavy atom. The molecule has 0 fully saturated rings. The lowest BCUT2D eigenvalue weighted by Crippen LogP contribution is -2.45. The molecule has 1 atom stereocenters. The Kier molecular flexibility index (Phi) is 8.35. The number of para-hydroxylation sites is 2. The third kappa shape index (κ3) is 5.62. The van der Waals surface area contributed by atoms with Crippen molar-refractivity contribution in [2.75, 3.05) is 15.1 Å². The minimum atomic E-state index is -0.492. The monoisotopic (exact) mass is 557 g/mol. The molecule has 0 bridgehead atoms. The largest absolute Gasteiger partial charge is 0.331 e. The van der Waals surface area contributed by atoms with E-state index in [0.717, 1.165) is 56.6 Å². The summed E-state index contributed by atoms with van der Waals surface area (Å²) in [6.07, 6.45) is 7.06. The van der Waals surface area contributed by atoms with Gasteiger partial charge in [-0.25, -0.2) is 0 Å². The quantitative estimate of drug-likeness (QED) is 0.142. The molecule has 0 N–H and O–H groups in total. The zero-order chi connectivity index (χ0) is 29.9. The molecule has 1 aliphatic rings. The lowest BCUT2D eigenvalue weighted by Gasteiger charge is -2.43. The molecule has 0 aromatic heterocycles. The average Bonchev–Trinajstić information content (AvgIpc) is 3.54. The van der Waals surface area contributed by atoms with Crippen LogP contribution in [0, 0.1) is 6.92 Å². The third-order valence-electron chi connectivity index (χ3n) is 8.18. The van der Waals surface area contributed by atoms with Crippen LogP contribution in [0.5, 0.6) is 0 Å². The number of anilines is 4. The third-order valence-corrected chi connectivity index (χ3v) is 8.18. The van der Waals surface area contributed by atoms with Gasteiger partial charge >= 0.3 is 0 Å². The molecule has 0 saturated carbocycles. The maximum absolute atomic E-state index is 16.8. The molecule has 4 aromatic rings. The Labute approximate surface area is 250 Å². The zero-order valence-corrected chi connectivity index (χ0v) is 25.3. The predicted molar refractivity (Wildman–Crippen MR) is 178 cm³/mol. The van der Waals surface area contributed by atoms with Gasteiger partial charge < -0.3 is 4.90 Å². The van der Waals surface area contributed by atoms with E-state index in [1.807, 2.05) is 61.5 Å². The van der Waals surface area contributed by atoms with Gasteiger partial charge in [-0.3, -0.25) is 5.01 Å². The van der Waals surface area contributed by atoms with Gasteiger partial charge in [0.2, 0.25) is 0 Å². The van der Waals surface area contributed by atoms with Crippen molar-refractivity contribution in [2.24, 2.45) is 0 Å². The summed E-state index contributed by atoms with van der Waals surface area (Å²) in [5, 5.41) is 2.53. The van der Waals surface area contributed by atoms with Gasteiger partial charge in [0.25, 0.3) is 0 Å². The summed E-state index contributed by atoms with van der Waals surface area (Å²) in [7, 11) is 0. The van der Waals surface area contributed by atoms with E-state index in [1.54, 1.807) is 5.01 Å². The summed E-state index contributed by atoms with van der Waals surface area (Å²) >= 11 is 0. The number of hydrazine groups is 1. The Bertz CT molecular complexity index is 1620. The molecule has 4 aromatic carbocycles. The number of rotatable bonds is 10. The molecule has 214 valence electrons. The molecule has 42 heavy (non-hydrogen) atoms. The molecule has 1 unspecified atom stereocenters. The number of nitrogens with zero attached hydrogens (tertiary/aromatic N) is 3. The highest BCUT2D eigenvalue weighted by molar-refractivity contribution is 5.75. The first-order valence-corrected chi connectivity index (χ1v) is 14.6. The second kappa shape index (κ2) is 12.1. The van der Waals surface area contributed by atoms with E-state index >= 15 is 4.48 Å². The molecule has 0 spiro atoms. The van der Waals surface area contributed by atoms with Crippen LogP contribution in [0.2, 0.25) is 0 Å². The molecule has 4 heteroatoms. The van der Waals surface area contributed by atoms with Crippen molar-refractivity contribution in [3.63, 3.8) is 0 Å². The Hall–Kier alpha value is -4.57. The summed E-state index contributed by atoms with van der Waals surface area (Å²) in [5.74, 6) is 0. The summed E-state index contributed by atoms with van der Waals surface area (Å²) in [6.45, 7) is 14.9. The summed E-state index contributed by atoms with van der Waals surface area (Å²) < 4.78 is 16.8. The van der Waals surface area contributed by atoms with Crippen LogP contribution in [0.25, 0.3) is 5.57 Å². The average molecular weight is 558 g/mol. The Balaban J connectivity index is 1.63. The molecular weight excluding hydrogens is 517 g/mol. The summed E-state index contributed by atoms with van der Waals surface area (Å²) in [4.78, 5) is 2.32. The second-order valence-electron chi connectivity index (χ2n) is 11.5. The first kappa shape index (κ1) is 28.9. The van der Waals surface area contributed by atoms with Crippen molar-refractivity contribution in [1.29, 1.82) is 0 Å². The van der Waals surface area contributed by atoms with Crippen molar-refractivity contribution in [2.45, 2.75) is 52.6 Å². The Morgan fingerprint density at radius 1 is 0.833 bits per heavy atom. The van der Waals surface area contributed by atoms with Crippen molar-refractivity contribution < 1.29 is 4.48 Å². The smallest absolute Gasteiger partial charge is 0.0954 e. The fourth-order valence-corrected chi connectivity index (χ4v) is 5.95. The number of allylic oxidation sites excluding steroid dienone is 4. The highest BCUT2D eigenvalue weighted by atomic mass is 19.2. The van der Waals surface area contributed by atoms with E-state index in [9.17, 15) is 0 Å². The van der Waals surface area contributed by atoms with Gasteiger partial charge in [-0.1, -0.05) is 102 Å². The fourth-order valence-electron chi connectivity index (χ4n) is 5.95. The van der Waals surface area contributed by atoms with Crippen LogP contribution in [0.4, 0.5) is 27.2 Å². The van der Waals surface area contributed by atoms with E-state index in [0.29, 0.717) is 5.69 Å². The molecule has 0 amide bonds. The summed E-state index contributed by atoms with van der Waals surface area (Å²) in [6, 6.07) is 34.1. The highest BCUT2D eigenvalue weighted by Crippen LogP contribution is 2.44. The number of aryl methyl sites for hydroxylation is 1. The van der Waals surface area contributed by atoms with Crippen molar-refractivity contribution >= 4 is 28.3 Å². The molecule has 0 saturated heterocycles. The number of benzene rings is 4. The van der Waals surface area contributed by atoms with E-state index in [-0.39, 0.29) is 6.04 Å². The number of hydrogen-bond donors (Lipinski definition) is 0. The lowest BCUT2D eigenvalue weighted by molar-refractivity contribution is 0.396. The van der Waals surface area contributed by atoms with Crippen LogP contribution >= 0.6 is 0 Å². The van der Waals surface area contributed by atoms with Gasteiger partial charge in [0.05, 0.1) is 23.0 Å². The van der Waals surface area contributed by atoms with E-state index in [1.165, 1.54) is 0 Å². The van der Waals surface area contributed by atoms with Crippen molar-refractivity contribution in [3.05, 3.63) is 150 Å². The van der Waals surface area contributed by atoms with Gasteiger partial charge in [0, 0.05) is 11.4 Å². The van der Waals surface area contributed by atoms with Gasteiger partial charge in [-0.2, -0.15) is 0 Å². The van der Waals surface area contributed by atoms with Crippen LogP contribution in [0.3, 0.4) is 0 Å². The van der Waals surface area contributed by atoms with Gasteiger partial charge in [-0.15, -0.1) is 5.23 Å². The first-order chi connectivity index (χ1) is 20.2. The first-order valence-electron chi connectivity index (χ1n) is 14.6. The molecule has 5 rings (SSSR count). The van der Waals surface area contributed by atoms with Crippen LogP contribution in [0.1, 0.15) is 50.8 Å². The zero-order valence-electron chi connectivity index (χ0n) is 25.3. The maximum Gasteiger partial charge on any atom is 0.0954 e. The molecule has 0 heterocycles. The molecule has 1 aliphatic carbocycles. The Morgan fingerprint density at radius 2 is 1.48 bits per heavy atom. The molecular formula is C38H40FN3. The van der Waals surface area contributed by atoms with Crippen LogP contribution in [0.15, 0.2) is 134 Å². The number of hydrogen-bond acceptors (Lipinski definition) is 3. The highest BCUT2D eigenvalue weighted by Gasteiger charge is 2.34. The lowest BCUT2D eigenvalue weighted by atomic mass is 9.85. The molecule has 0 aliphatic heterocycles. The predicted octanol–water partition coefficient (Wildman–Crippen LogP) is 10.5. The minimum absolute atomic E-state index is 0.178. The van der Waals surface area contributed by atoms with E-state index < -0.39 is 5.54 Å². The molecule has 3 nitrogen and oxygen atoms in total. The van der Waals surface area contributed by atoms with Crippen LogP contribution in [-0.2, 0) is 5.54 Å². The standard InChI is InChI=1S/C38H40FN3/c1-28(2)35-24-13-14-25-36(35)38(5,6)40(37-26-15-10-17-29(37)3)33-22-16-23-34(27-33)42(39)41(32-20-8-7-9-21-32)30(4)31-18-11-12-19-31/h7-18,20-27,30H,1,19H2,2-6H3.